The summed E-state index contributed by atoms with van der Waals surface area (Å²) >= 11 is 13.9. The normalized spacial score (nSPS) is 19.9. The van der Waals surface area contributed by atoms with Gasteiger partial charge in [-0.2, -0.15) is 0 Å². The molecule has 0 saturated carbocycles. The van der Waals surface area contributed by atoms with E-state index in [0.717, 1.165) is 16.8 Å². The number of carbonyl (C=O) groups excluding carboxylic acids is 2. The minimum absolute atomic E-state index is 0.113. The molecule has 4 nitrogen and oxygen atoms in total. The molecule has 5 rings (SSSR count). The third kappa shape index (κ3) is 3.23. The highest BCUT2D eigenvalue weighted by atomic mass is 35.5. The zero-order valence-corrected chi connectivity index (χ0v) is 18.8. The van der Waals surface area contributed by atoms with Crippen molar-refractivity contribution in [3.63, 3.8) is 0 Å². The summed E-state index contributed by atoms with van der Waals surface area (Å²) in [6.07, 6.45) is 0. The van der Waals surface area contributed by atoms with Gasteiger partial charge >= 0.3 is 0 Å². The van der Waals surface area contributed by atoms with Crippen molar-refractivity contribution in [2.45, 2.75) is 11.4 Å². The molecule has 0 N–H and O–H groups in total. The number of hydrogen-bond acceptors (Lipinski definition) is 3. The van der Waals surface area contributed by atoms with E-state index in [1.165, 1.54) is 11.8 Å². The molecule has 3 aromatic carbocycles. The second-order valence-electron chi connectivity index (χ2n) is 7.46. The molecule has 0 unspecified atom stereocenters. The van der Waals surface area contributed by atoms with Crippen molar-refractivity contribution in [2.75, 3.05) is 17.2 Å². The van der Waals surface area contributed by atoms with E-state index in [2.05, 4.69) is 0 Å². The van der Waals surface area contributed by atoms with E-state index in [0.29, 0.717) is 34.5 Å². The first-order chi connectivity index (χ1) is 15.0. The Morgan fingerprint density at radius 2 is 1.68 bits per heavy atom. The maximum absolute atomic E-state index is 13.9. The van der Waals surface area contributed by atoms with Gasteiger partial charge in [0.05, 0.1) is 12.2 Å². The number of rotatable bonds is 3. The molecule has 1 atom stereocenters. The van der Waals surface area contributed by atoms with Crippen LogP contribution in [0.1, 0.15) is 21.5 Å². The van der Waals surface area contributed by atoms with Crippen molar-refractivity contribution in [2.24, 2.45) is 0 Å². The van der Waals surface area contributed by atoms with Gasteiger partial charge in [-0.05, 0) is 42.0 Å². The molecule has 0 bridgehead atoms. The fourth-order valence-corrected chi connectivity index (χ4v) is 6.05. The Morgan fingerprint density at radius 1 is 0.968 bits per heavy atom. The second-order valence-corrected chi connectivity index (χ2v) is 9.59. The van der Waals surface area contributed by atoms with Gasteiger partial charge in [-0.25, -0.2) is 0 Å². The monoisotopic (exact) mass is 468 g/mol. The van der Waals surface area contributed by atoms with Crippen LogP contribution in [0.3, 0.4) is 0 Å². The number of nitrogens with zero attached hydrogens (tertiary/aromatic N) is 2. The lowest BCUT2D eigenvalue weighted by atomic mass is 10.0. The third-order valence-electron chi connectivity index (χ3n) is 5.72. The Bertz CT molecular complexity index is 1180. The van der Waals surface area contributed by atoms with E-state index < -0.39 is 4.87 Å². The number of anilines is 1. The highest BCUT2D eigenvalue weighted by Crippen LogP contribution is 2.54. The van der Waals surface area contributed by atoms with Crippen molar-refractivity contribution in [3.05, 3.63) is 99.5 Å². The van der Waals surface area contributed by atoms with Gasteiger partial charge in [0.15, 0.2) is 4.87 Å². The molecule has 2 aliphatic rings. The zero-order chi connectivity index (χ0) is 21.6. The van der Waals surface area contributed by atoms with Gasteiger partial charge in [-0.1, -0.05) is 59.6 Å². The quantitative estimate of drug-likeness (QED) is 0.503. The molecule has 2 heterocycles. The van der Waals surface area contributed by atoms with E-state index in [9.17, 15) is 9.59 Å². The Hall–Kier alpha value is -2.47. The summed E-state index contributed by atoms with van der Waals surface area (Å²) in [7, 11) is 0. The third-order valence-corrected chi connectivity index (χ3v) is 7.76. The van der Waals surface area contributed by atoms with Crippen molar-refractivity contribution >= 4 is 52.5 Å². The maximum atomic E-state index is 13.9. The summed E-state index contributed by atoms with van der Waals surface area (Å²) in [5.41, 5.74) is 3.04. The Balaban J connectivity index is 1.58. The smallest absolute Gasteiger partial charge is 0.268 e. The number of hydrogen-bond donors (Lipinski definition) is 0. The maximum Gasteiger partial charge on any atom is 0.268 e. The minimum atomic E-state index is -1.07. The molecule has 1 saturated heterocycles. The minimum Gasteiger partial charge on any atom is -0.311 e. The topological polar surface area (TPSA) is 40.6 Å². The Kier molecular flexibility index (Phi) is 5.21. The second kappa shape index (κ2) is 7.90. The number of halogens is 2. The molecular weight excluding hydrogens is 451 g/mol. The van der Waals surface area contributed by atoms with Gasteiger partial charge in [0.1, 0.15) is 0 Å². The number of para-hydroxylation sites is 1. The van der Waals surface area contributed by atoms with Crippen LogP contribution in [0.5, 0.6) is 0 Å². The Morgan fingerprint density at radius 3 is 2.45 bits per heavy atom. The molecule has 0 aliphatic carbocycles. The lowest BCUT2D eigenvalue weighted by molar-refractivity contribution is -0.123. The van der Waals surface area contributed by atoms with Crippen LogP contribution in [-0.2, 0) is 16.2 Å². The number of thioether (sulfide) groups is 1. The first-order valence-electron chi connectivity index (χ1n) is 9.89. The van der Waals surface area contributed by atoms with Crippen molar-refractivity contribution in [1.82, 2.24) is 4.90 Å². The van der Waals surface area contributed by atoms with Gasteiger partial charge < -0.3 is 9.80 Å². The predicted octanol–water partition coefficient (Wildman–Crippen LogP) is 5.58. The van der Waals surface area contributed by atoms with Crippen molar-refractivity contribution in [1.29, 1.82) is 0 Å². The van der Waals surface area contributed by atoms with E-state index in [1.54, 1.807) is 34.1 Å². The van der Waals surface area contributed by atoms with E-state index in [1.807, 2.05) is 48.5 Å². The SMILES string of the molecule is O=C(c1ccc(Cl)cc1)N1CCS[C@]12C(=O)N(Cc1ccccc1Cl)c1ccccc12. The number of amides is 2. The molecule has 0 aromatic heterocycles. The summed E-state index contributed by atoms with van der Waals surface area (Å²) in [6.45, 7) is 0.840. The van der Waals surface area contributed by atoms with Gasteiger partial charge in [-0.15, -0.1) is 11.8 Å². The van der Waals surface area contributed by atoms with Crippen molar-refractivity contribution < 1.29 is 9.59 Å². The molecule has 1 fully saturated rings. The highest BCUT2D eigenvalue weighted by molar-refractivity contribution is 8.01. The molecule has 7 heteroatoms. The molecule has 1 spiro atoms. The van der Waals surface area contributed by atoms with Gasteiger partial charge in [0.25, 0.3) is 11.8 Å². The highest BCUT2D eigenvalue weighted by Gasteiger charge is 2.59. The van der Waals surface area contributed by atoms with Crippen LogP contribution in [0.25, 0.3) is 0 Å². The van der Waals surface area contributed by atoms with Gasteiger partial charge in [0, 0.05) is 33.5 Å². The summed E-state index contributed by atoms with van der Waals surface area (Å²) in [4.78, 5) is 29.8. The van der Waals surface area contributed by atoms with Crippen LogP contribution in [0.4, 0.5) is 5.69 Å². The summed E-state index contributed by atoms with van der Waals surface area (Å²) in [5, 5.41) is 1.18. The predicted molar refractivity (Wildman–Crippen MR) is 126 cm³/mol. The molecule has 2 amide bonds. The molecule has 0 radical (unpaired) electrons. The summed E-state index contributed by atoms with van der Waals surface area (Å²) in [5.74, 6) is 0.391. The number of fused-ring (bicyclic) bond motifs is 2. The van der Waals surface area contributed by atoms with Crippen LogP contribution in [-0.4, -0.2) is 29.0 Å². The van der Waals surface area contributed by atoms with Crippen LogP contribution >= 0.6 is 35.0 Å². The largest absolute Gasteiger partial charge is 0.311 e. The van der Waals surface area contributed by atoms with Crippen LogP contribution in [0.15, 0.2) is 72.8 Å². The first kappa shape index (κ1) is 20.4. The number of carbonyl (C=O) groups is 2. The average molecular weight is 469 g/mol. The lowest BCUT2D eigenvalue weighted by Gasteiger charge is -2.33. The Labute approximate surface area is 194 Å². The average Bonchev–Trinajstić information content (AvgIpc) is 3.32. The van der Waals surface area contributed by atoms with Crippen LogP contribution in [0, 0.1) is 0 Å². The van der Waals surface area contributed by atoms with Crippen LogP contribution < -0.4 is 4.90 Å². The molecular formula is C24H18Cl2N2O2S. The lowest BCUT2D eigenvalue weighted by Crippen LogP contribution is -2.50. The van der Waals surface area contributed by atoms with Crippen LogP contribution in [0.2, 0.25) is 10.0 Å². The summed E-state index contributed by atoms with van der Waals surface area (Å²) in [6, 6.07) is 22.0. The van der Waals surface area contributed by atoms with E-state index in [4.69, 9.17) is 23.2 Å². The molecule has 3 aromatic rings. The number of benzene rings is 3. The fraction of sp³-hybridized carbons (Fsp3) is 0.167. The first-order valence-corrected chi connectivity index (χ1v) is 11.6. The fourth-order valence-electron chi connectivity index (χ4n) is 4.27. The molecule has 2 aliphatic heterocycles. The van der Waals surface area contributed by atoms with Gasteiger partial charge in [-0.3, -0.25) is 9.59 Å². The zero-order valence-electron chi connectivity index (χ0n) is 16.4. The standard InChI is InChI=1S/C24H18Cl2N2O2S/c25-18-11-9-16(10-12-18)22(29)28-13-14-31-24(28)19-6-2-4-8-21(19)27(23(24)30)15-17-5-1-3-7-20(17)26/h1-12H,13-15H2/t24-/m1/s1. The summed E-state index contributed by atoms with van der Waals surface area (Å²) < 4.78 is 0. The molecule has 31 heavy (non-hydrogen) atoms. The van der Waals surface area contributed by atoms with E-state index in [-0.39, 0.29) is 11.8 Å². The van der Waals surface area contributed by atoms with E-state index >= 15 is 0 Å². The van der Waals surface area contributed by atoms with Gasteiger partial charge in [0.2, 0.25) is 0 Å². The molecule has 156 valence electrons. The van der Waals surface area contributed by atoms with Crippen molar-refractivity contribution in [3.8, 4) is 0 Å².